The Bertz CT molecular complexity index is 408. The Labute approximate surface area is 103 Å². The van der Waals surface area contributed by atoms with Gasteiger partial charge < -0.3 is 9.72 Å². The molecule has 1 aromatic heterocycles. The van der Waals surface area contributed by atoms with Crippen molar-refractivity contribution in [1.82, 2.24) is 9.97 Å². The Morgan fingerprint density at radius 1 is 1.19 bits per heavy atom. The van der Waals surface area contributed by atoms with E-state index in [4.69, 9.17) is 4.74 Å². The van der Waals surface area contributed by atoms with Gasteiger partial charge in [-0.05, 0) is 31.4 Å². The fraction of sp³-hybridized carbons (Fsp3) is 0.417. The molecule has 0 fully saturated rings. The van der Waals surface area contributed by atoms with Crippen molar-refractivity contribution >= 4 is 27.0 Å². The summed E-state index contributed by atoms with van der Waals surface area (Å²) >= 11 is 3.41. The van der Waals surface area contributed by atoms with Crippen LogP contribution in [0.4, 0.5) is 0 Å². The molecule has 0 aliphatic carbocycles. The van der Waals surface area contributed by atoms with E-state index in [-0.39, 0.29) is 0 Å². The molecule has 0 aliphatic heterocycles. The lowest BCUT2D eigenvalue weighted by molar-refractivity contribution is 0.286. The number of alkyl halides is 1. The Morgan fingerprint density at radius 3 is 2.88 bits per heavy atom. The van der Waals surface area contributed by atoms with Gasteiger partial charge in [0.15, 0.2) is 0 Å². The second-order valence-electron chi connectivity index (χ2n) is 3.66. The summed E-state index contributed by atoms with van der Waals surface area (Å²) in [5.41, 5.74) is 1.98. The quantitative estimate of drug-likeness (QED) is 0.650. The number of aromatic nitrogens is 2. The van der Waals surface area contributed by atoms with Crippen LogP contribution in [-0.4, -0.2) is 21.9 Å². The topological polar surface area (TPSA) is 37.9 Å². The van der Waals surface area contributed by atoms with Gasteiger partial charge in [0.2, 0.25) is 0 Å². The van der Waals surface area contributed by atoms with E-state index in [1.54, 1.807) is 0 Å². The van der Waals surface area contributed by atoms with Gasteiger partial charge in [-0.15, -0.1) is 0 Å². The summed E-state index contributed by atoms with van der Waals surface area (Å²) in [6.45, 7) is 0.729. The van der Waals surface area contributed by atoms with E-state index < -0.39 is 0 Å². The van der Waals surface area contributed by atoms with Crippen LogP contribution in [0.2, 0.25) is 0 Å². The molecule has 0 amide bonds. The molecule has 2 rings (SSSR count). The Kier molecular flexibility index (Phi) is 4.22. The van der Waals surface area contributed by atoms with Crippen LogP contribution in [0, 0.1) is 0 Å². The van der Waals surface area contributed by atoms with Gasteiger partial charge in [-0.3, -0.25) is 0 Å². The van der Waals surface area contributed by atoms with Crippen LogP contribution in [-0.2, 0) is 0 Å². The van der Waals surface area contributed by atoms with Crippen LogP contribution in [0.1, 0.15) is 19.3 Å². The highest BCUT2D eigenvalue weighted by atomic mass is 79.9. The number of imidazole rings is 1. The molecular formula is C12H15BrN2O. The molecule has 16 heavy (non-hydrogen) atoms. The first kappa shape index (κ1) is 11.5. The molecule has 3 nitrogen and oxygen atoms in total. The number of ether oxygens (including phenoxy) is 1. The number of aromatic amines is 1. The summed E-state index contributed by atoms with van der Waals surface area (Å²) in [5.74, 6) is 0. The molecule has 0 unspecified atom stereocenters. The number of nitrogens with one attached hydrogen (secondary N) is 1. The van der Waals surface area contributed by atoms with Crippen molar-refractivity contribution in [3.63, 3.8) is 0 Å². The van der Waals surface area contributed by atoms with E-state index in [9.17, 15) is 0 Å². The van der Waals surface area contributed by atoms with Crippen LogP contribution in [0.25, 0.3) is 11.0 Å². The van der Waals surface area contributed by atoms with Gasteiger partial charge in [-0.2, -0.15) is 4.98 Å². The van der Waals surface area contributed by atoms with Gasteiger partial charge in [0.1, 0.15) is 0 Å². The molecule has 2 aromatic rings. The van der Waals surface area contributed by atoms with Crippen LogP contribution < -0.4 is 4.74 Å². The number of fused-ring (bicyclic) bond motifs is 1. The second-order valence-corrected chi connectivity index (χ2v) is 4.45. The predicted molar refractivity (Wildman–Crippen MR) is 69.2 cm³/mol. The van der Waals surface area contributed by atoms with Crippen molar-refractivity contribution in [2.75, 3.05) is 11.9 Å². The fourth-order valence-corrected chi connectivity index (χ4v) is 1.94. The summed E-state index contributed by atoms with van der Waals surface area (Å²) in [7, 11) is 0. The van der Waals surface area contributed by atoms with Gasteiger partial charge >= 0.3 is 0 Å². The second kappa shape index (κ2) is 5.89. The minimum Gasteiger partial charge on any atom is -0.465 e. The summed E-state index contributed by atoms with van der Waals surface area (Å²) in [4.78, 5) is 7.49. The largest absolute Gasteiger partial charge is 0.465 e. The molecule has 0 bridgehead atoms. The number of hydrogen-bond donors (Lipinski definition) is 1. The summed E-state index contributed by atoms with van der Waals surface area (Å²) < 4.78 is 5.56. The lowest BCUT2D eigenvalue weighted by Gasteiger charge is -2.00. The normalized spacial score (nSPS) is 10.8. The zero-order valence-corrected chi connectivity index (χ0v) is 10.7. The van der Waals surface area contributed by atoms with E-state index >= 15 is 0 Å². The summed E-state index contributed by atoms with van der Waals surface area (Å²) in [5, 5.41) is 1.07. The molecule has 0 radical (unpaired) electrons. The van der Waals surface area contributed by atoms with Crippen molar-refractivity contribution in [3.8, 4) is 6.01 Å². The predicted octanol–water partition coefficient (Wildman–Crippen LogP) is 3.51. The van der Waals surface area contributed by atoms with Crippen molar-refractivity contribution < 1.29 is 4.74 Å². The third-order valence-electron chi connectivity index (χ3n) is 2.38. The fourth-order valence-electron chi connectivity index (χ4n) is 1.54. The maximum Gasteiger partial charge on any atom is 0.294 e. The number of halogens is 1. The average molecular weight is 283 g/mol. The van der Waals surface area contributed by atoms with E-state index in [1.807, 2.05) is 24.3 Å². The van der Waals surface area contributed by atoms with E-state index in [0.717, 1.165) is 29.4 Å². The third kappa shape index (κ3) is 2.98. The average Bonchev–Trinajstić information content (AvgIpc) is 2.71. The Hall–Kier alpha value is -1.03. The van der Waals surface area contributed by atoms with Crippen molar-refractivity contribution in [3.05, 3.63) is 24.3 Å². The maximum absolute atomic E-state index is 5.56. The highest BCUT2D eigenvalue weighted by Crippen LogP contribution is 2.15. The Morgan fingerprint density at radius 2 is 2.06 bits per heavy atom. The molecule has 1 N–H and O–H groups in total. The monoisotopic (exact) mass is 282 g/mol. The SMILES string of the molecule is BrCCCCCOc1nc2ccccc2[nH]1. The molecule has 0 saturated carbocycles. The number of H-pyrrole nitrogens is 1. The molecule has 1 aromatic carbocycles. The van der Waals surface area contributed by atoms with Gasteiger partial charge in [0, 0.05) is 5.33 Å². The first-order chi connectivity index (χ1) is 7.90. The van der Waals surface area contributed by atoms with Crippen LogP contribution in [0.3, 0.4) is 0 Å². The van der Waals surface area contributed by atoms with Crippen molar-refractivity contribution in [1.29, 1.82) is 0 Å². The molecule has 0 saturated heterocycles. The van der Waals surface area contributed by atoms with Gasteiger partial charge in [0.05, 0.1) is 17.6 Å². The molecule has 86 valence electrons. The lowest BCUT2D eigenvalue weighted by Crippen LogP contribution is -1.98. The highest BCUT2D eigenvalue weighted by Gasteiger charge is 2.01. The first-order valence-electron chi connectivity index (χ1n) is 5.53. The molecular weight excluding hydrogens is 268 g/mol. The number of rotatable bonds is 6. The van der Waals surface area contributed by atoms with Gasteiger partial charge in [-0.1, -0.05) is 28.1 Å². The summed E-state index contributed by atoms with van der Waals surface area (Å²) in [6, 6.07) is 8.56. The molecule has 4 heteroatoms. The van der Waals surface area contributed by atoms with Gasteiger partial charge in [-0.25, -0.2) is 0 Å². The van der Waals surface area contributed by atoms with Crippen LogP contribution in [0.15, 0.2) is 24.3 Å². The molecule has 1 heterocycles. The van der Waals surface area contributed by atoms with Crippen molar-refractivity contribution in [2.24, 2.45) is 0 Å². The molecule has 0 spiro atoms. The number of hydrogen-bond acceptors (Lipinski definition) is 2. The Balaban J connectivity index is 1.85. The van der Waals surface area contributed by atoms with E-state index in [2.05, 4.69) is 25.9 Å². The molecule has 0 aliphatic rings. The van der Waals surface area contributed by atoms with Gasteiger partial charge in [0.25, 0.3) is 6.01 Å². The zero-order valence-electron chi connectivity index (χ0n) is 9.08. The molecule has 0 atom stereocenters. The van der Waals surface area contributed by atoms with Crippen LogP contribution in [0.5, 0.6) is 6.01 Å². The minimum absolute atomic E-state index is 0.625. The van der Waals surface area contributed by atoms with E-state index in [0.29, 0.717) is 6.01 Å². The van der Waals surface area contributed by atoms with Crippen molar-refractivity contribution in [2.45, 2.75) is 19.3 Å². The van der Waals surface area contributed by atoms with Crippen LogP contribution >= 0.6 is 15.9 Å². The number of para-hydroxylation sites is 2. The third-order valence-corrected chi connectivity index (χ3v) is 2.95. The number of unbranched alkanes of at least 4 members (excludes halogenated alkanes) is 2. The smallest absolute Gasteiger partial charge is 0.294 e. The first-order valence-corrected chi connectivity index (χ1v) is 6.66. The highest BCUT2D eigenvalue weighted by molar-refractivity contribution is 9.09. The van der Waals surface area contributed by atoms with E-state index in [1.165, 1.54) is 12.8 Å². The minimum atomic E-state index is 0.625. The number of nitrogens with zero attached hydrogens (tertiary/aromatic N) is 1. The maximum atomic E-state index is 5.56. The standard InChI is InChI=1S/C12H15BrN2O/c13-8-4-1-5-9-16-12-14-10-6-2-3-7-11(10)15-12/h2-3,6-7H,1,4-5,8-9H2,(H,14,15). The summed E-state index contributed by atoms with van der Waals surface area (Å²) in [6.07, 6.45) is 3.46. The lowest BCUT2D eigenvalue weighted by atomic mass is 10.3. The zero-order chi connectivity index (χ0) is 11.2. The number of benzene rings is 1.